The summed E-state index contributed by atoms with van der Waals surface area (Å²) in [6, 6.07) is 5.70. The van der Waals surface area contributed by atoms with Gasteiger partial charge in [0.05, 0.1) is 12.5 Å². The third-order valence-corrected chi connectivity index (χ3v) is 4.96. The SMILES string of the molecule is CCOC(=O)C(OC(=O)[C@@H]1CCCN(C(=O)OC(C)(C)C)C1)C(=O)c1ccc(C(C)=O)cc1. The maximum atomic E-state index is 12.9. The number of carbonyl (C=O) groups is 5. The number of hydrogen-bond acceptors (Lipinski definition) is 8. The van der Waals surface area contributed by atoms with Crippen LogP contribution < -0.4 is 0 Å². The molecule has 1 amide bonds. The van der Waals surface area contributed by atoms with Gasteiger partial charge in [0.2, 0.25) is 5.78 Å². The number of amides is 1. The van der Waals surface area contributed by atoms with E-state index in [4.69, 9.17) is 14.2 Å². The van der Waals surface area contributed by atoms with Gasteiger partial charge in [-0.25, -0.2) is 9.59 Å². The monoisotopic (exact) mass is 461 g/mol. The first-order chi connectivity index (χ1) is 15.4. The molecule has 2 atom stereocenters. The van der Waals surface area contributed by atoms with E-state index < -0.39 is 41.4 Å². The molecule has 0 saturated carbocycles. The minimum absolute atomic E-state index is 0.000706. The third kappa shape index (κ3) is 7.40. The van der Waals surface area contributed by atoms with Crippen molar-refractivity contribution < 1.29 is 38.2 Å². The van der Waals surface area contributed by atoms with Gasteiger partial charge in [0.15, 0.2) is 5.78 Å². The van der Waals surface area contributed by atoms with Crippen molar-refractivity contribution in [3.05, 3.63) is 35.4 Å². The Hall–Kier alpha value is -3.23. The summed E-state index contributed by atoms with van der Waals surface area (Å²) in [5.41, 5.74) is -0.172. The number of likely N-dealkylation sites (tertiary alicyclic amines) is 1. The second-order valence-electron chi connectivity index (χ2n) is 8.83. The highest BCUT2D eigenvalue weighted by Gasteiger charge is 2.37. The van der Waals surface area contributed by atoms with Crippen LogP contribution in [-0.4, -0.2) is 65.9 Å². The third-order valence-electron chi connectivity index (χ3n) is 4.96. The van der Waals surface area contributed by atoms with E-state index in [2.05, 4.69) is 0 Å². The number of benzene rings is 1. The fourth-order valence-electron chi connectivity index (χ4n) is 3.32. The molecule has 0 spiro atoms. The lowest BCUT2D eigenvalue weighted by Crippen LogP contribution is -2.46. The number of ketones is 2. The van der Waals surface area contributed by atoms with Gasteiger partial charge in [0.25, 0.3) is 6.10 Å². The highest BCUT2D eigenvalue weighted by Crippen LogP contribution is 2.22. The highest BCUT2D eigenvalue weighted by molar-refractivity contribution is 6.12. The van der Waals surface area contributed by atoms with Crippen LogP contribution in [0.1, 0.15) is 68.2 Å². The summed E-state index contributed by atoms with van der Waals surface area (Å²) in [6.07, 6.45) is -1.33. The van der Waals surface area contributed by atoms with Crippen LogP contribution in [-0.2, 0) is 23.8 Å². The van der Waals surface area contributed by atoms with Crippen molar-refractivity contribution in [1.29, 1.82) is 0 Å². The standard InChI is InChI=1S/C24H31NO8/c1-6-31-22(29)20(19(27)17-11-9-16(10-12-17)15(2)26)32-21(28)18-8-7-13-25(14-18)23(30)33-24(3,4)5/h9-12,18,20H,6-8,13-14H2,1-5H3/t18-,20?/m1/s1. The molecule has 1 fully saturated rings. The van der Waals surface area contributed by atoms with Crippen molar-refractivity contribution in [2.75, 3.05) is 19.7 Å². The molecule has 1 aliphatic heterocycles. The van der Waals surface area contributed by atoms with Crippen molar-refractivity contribution in [2.45, 2.75) is 59.2 Å². The molecule has 1 aromatic rings. The first kappa shape index (κ1) is 26.0. The van der Waals surface area contributed by atoms with E-state index in [9.17, 15) is 24.0 Å². The maximum absolute atomic E-state index is 12.9. The van der Waals surface area contributed by atoms with Crippen LogP contribution in [0, 0.1) is 5.92 Å². The summed E-state index contributed by atoms with van der Waals surface area (Å²) in [5, 5.41) is 0. The van der Waals surface area contributed by atoms with Gasteiger partial charge in [-0.1, -0.05) is 24.3 Å². The quantitative estimate of drug-likeness (QED) is 0.263. The summed E-state index contributed by atoms with van der Waals surface area (Å²) < 4.78 is 15.6. The van der Waals surface area contributed by atoms with E-state index >= 15 is 0 Å². The molecule has 1 aliphatic rings. The Morgan fingerprint density at radius 1 is 1.06 bits per heavy atom. The molecular weight excluding hydrogens is 430 g/mol. The summed E-state index contributed by atoms with van der Waals surface area (Å²) in [7, 11) is 0. The maximum Gasteiger partial charge on any atom is 0.410 e. The Morgan fingerprint density at radius 2 is 1.67 bits per heavy atom. The Kier molecular flexibility index (Phi) is 8.73. The van der Waals surface area contributed by atoms with Gasteiger partial charge >= 0.3 is 18.0 Å². The van der Waals surface area contributed by atoms with E-state index in [0.717, 1.165) is 0 Å². The van der Waals surface area contributed by atoms with Crippen LogP contribution in [0.3, 0.4) is 0 Å². The van der Waals surface area contributed by atoms with Gasteiger partial charge < -0.3 is 19.1 Å². The molecule has 0 aliphatic carbocycles. The molecule has 33 heavy (non-hydrogen) atoms. The van der Waals surface area contributed by atoms with Crippen molar-refractivity contribution in [1.82, 2.24) is 4.90 Å². The number of Topliss-reactive ketones (excluding diaryl/α,β-unsaturated/α-hetero) is 2. The van der Waals surface area contributed by atoms with Crippen LogP contribution in [0.4, 0.5) is 4.79 Å². The van der Waals surface area contributed by atoms with E-state index in [0.29, 0.717) is 24.9 Å². The largest absolute Gasteiger partial charge is 0.463 e. The summed E-state index contributed by atoms with van der Waals surface area (Å²) in [4.78, 5) is 63.5. The van der Waals surface area contributed by atoms with E-state index in [-0.39, 0.29) is 24.5 Å². The molecule has 9 heteroatoms. The molecule has 1 saturated heterocycles. The second-order valence-corrected chi connectivity index (χ2v) is 8.83. The van der Waals surface area contributed by atoms with Crippen molar-refractivity contribution in [3.8, 4) is 0 Å². The van der Waals surface area contributed by atoms with Crippen LogP contribution in [0.25, 0.3) is 0 Å². The molecule has 9 nitrogen and oxygen atoms in total. The Bertz CT molecular complexity index is 900. The molecule has 0 radical (unpaired) electrons. The minimum Gasteiger partial charge on any atom is -0.463 e. The molecule has 1 unspecified atom stereocenters. The zero-order valence-corrected chi connectivity index (χ0v) is 19.7. The van der Waals surface area contributed by atoms with Gasteiger partial charge in [-0.15, -0.1) is 0 Å². The highest BCUT2D eigenvalue weighted by atomic mass is 16.6. The number of rotatable bonds is 7. The predicted octanol–water partition coefficient (Wildman–Crippen LogP) is 3.19. The topological polar surface area (TPSA) is 116 Å². The summed E-state index contributed by atoms with van der Waals surface area (Å²) in [6.45, 7) is 8.70. The number of carbonyl (C=O) groups excluding carboxylic acids is 5. The molecule has 180 valence electrons. The van der Waals surface area contributed by atoms with Crippen molar-refractivity contribution in [2.24, 2.45) is 5.92 Å². The average Bonchev–Trinajstić information content (AvgIpc) is 2.76. The molecule has 0 N–H and O–H groups in total. The number of hydrogen-bond donors (Lipinski definition) is 0. The first-order valence-electron chi connectivity index (χ1n) is 10.9. The number of nitrogens with zero attached hydrogens (tertiary/aromatic N) is 1. The molecule has 1 heterocycles. The summed E-state index contributed by atoms with van der Waals surface area (Å²) >= 11 is 0. The molecule has 0 bridgehead atoms. The normalized spacial score (nSPS) is 17.0. The second kappa shape index (κ2) is 11.1. The van der Waals surface area contributed by atoms with Gasteiger partial charge in [0, 0.05) is 24.2 Å². The Morgan fingerprint density at radius 3 is 2.21 bits per heavy atom. The van der Waals surface area contributed by atoms with Gasteiger partial charge in [-0.3, -0.25) is 14.4 Å². The molecule has 0 aromatic heterocycles. The van der Waals surface area contributed by atoms with Gasteiger partial charge in [-0.2, -0.15) is 0 Å². The van der Waals surface area contributed by atoms with Crippen LogP contribution >= 0.6 is 0 Å². The lowest BCUT2D eigenvalue weighted by molar-refractivity contribution is -0.167. The Balaban J connectivity index is 2.14. The van der Waals surface area contributed by atoms with E-state index in [1.165, 1.54) is 36.1 Å². The molecule has 1 aromatic carbocycles. The summed E-state index contributed by atoms with van der Waals surface area (Å²) in [5.74, 6) is -3.39. The lowest BCUT2D eigenvalue weighted by Gasteiger charge is -2.33. The van der Waals surface area contributed by atoms with Crippen LogP contribution in [0.2, 0.25) is 0 Å². The zero-order chi connectivity index (χ0) is 24.8. The average molecular weight is 462 g/mol. The van der Waals surface area contributed by atoms with Gasteiger partial charge in [-0.05, 0) is 47.5 Å². The molecular formula is C24H31NO8. The van der Waals surface area contributed by atoms with Crippen LogP contribution in [0.15, 0.2) is 24.3 Å². The van der Waals surface area contributed by atoms with Crippen LogP contribution in [0.5, 0.6) is 0 Å². The van der Waals surface area contributed by atoms with E-state index in [1.807, 2.05) is 0 Å². The lowest BCUT2D eigenvalue weighted by atomic mass is 9.98. The molecule has 2 rings (SSSR count). The van der Waals surface area contributed by atoms with Gasteiger partial charge in [0.1, 0.15) is 5.60 Å². The zero-order valence-electron chi connectivity index (χ0n) is 19.7. The minimum atomic E-state index is -1.78. The van der Waals surface area contributed by atoms with E-state index in [1.54, 1.807) is 27.7 Å². The fraction of sp³-hybridized carbons (Fsp3) is 0.542. The number of esters is 2. The predicted molar refractivity (Wildman–Crippen MR) is 118 cm³/mol. The first-order valence-corrected chi connectivity index (χ1v) is 10.9. The fourth-order valence-corrected chi connectivity index (χ4v) is 3.32. The van der Waals surface area contributed by atoms with Crippen molar-refractivity contribution in [3.63, 3.8) is 0 Å². The number of piperidine rings is 1. The van der Waals surface area contributed by atoms with Crippen molar-refractivity contribution >= 4 is 29.6 Å². The smallest absolute Gasteiger partial charge is 0.410 e. The number of ether oxygens (including phenoxy) is 3. The Labute approximate surface area is 193 Å².